The molecule has 220 valence electrons. The van der Waals surface area contributed by atoms with Crippen molar-refractivity contribution in [3.63, 3.8) is 0 Å². The highest BCUT2D eigenvalue weighted by Gasteiger charge is 2.28. The summed E-state index contributed by atoms with van der Waals surface area (Å²) in [6, 6.07) is 7.50. The Kier molecular flexibility index (Phi) is 7.96. The Balaban J connectivity index is 1.20. The Morgan fingerprint density at radius 3 is 2.64 bits per heavy atom. The molecule has 1 aromatic carbocycles. The quantitative estimate of drug-likeness (QED) is 0.297. The van der Waals surface area contributed by atoms with E-state index in [1.54, 1.807) is 6.07 Å². The molecule has 0 unspecified atom stereocenters. The lowest BCUT2D eigenvalue weighted by molar-refractivity contribution is -0.109. The lowest BCUT2D eigenvalue weighted by Gasteiger charge is -2.40. The van der Waals surface area contributed by atoms with Crippen molar-refractivity contribution in [2.75, 3.05) is 31.5 Å². The fourth-order valence-electron chi connectivity index (χ4n) is 6.17. The molecule has 1 saturated heterocycles. The standard InChI is InChI=1S/C31H36F2N8O/c1-19(2)17-41-20(3)35-30-24(32)14-22(15-27(30)41)29-25(33)16-34-31(38-29)37-28-5-4-21-18-40(11-8-26(21)36-28)23-6-9-39(10-7-23)12-13-42/h4-5,13-16,19,23H,6-12,17-18H2,1-3H3,(H,34,36,37,38). The minimum absolute atomic E-state index is 0.0102. The molecule has 0 aliphatic carbocycles. The van der Waals surface area contributed by atoms with Crippen molar-refractivity contribution in [1.29, 1.82) is 0 Å². The van der Waals surface area contributed by atoms with Gasteiger partial charge in [0.25, 0.3) is 0 Å². The van der Waals surface area contributed by atoms with Crippen LogP contribution in [0, 0.1) is 24.5 Å². The van der Waals surface area contributed by atoms with Crippen LogP contribution in [0.2, 0.25) is 0 Å². The van der Waals surface area contributed by atoms with Gasteiger partial charge in [0.05, 0.1) is 18.3 Å². The van der Waals surface area contributed by atoms with Gasteiger partial charge in [0.2, 0.25) is 5.95 Å². The van der Waals surface area contributed by atoms with Gasteiger partial charge >= 0.3 is 0 Å². The van der Waals surface area contributed by atoms with Gasteiger partial charge in [-0.25, -0.2) is 28.7 Å². The summed E-state index contributed by atoms with van der Waals surface area (Å²) in [4.78, 5) is 33.3. The first-order valence-electron chi connectivity index (χ1n) is 14.6. The molecule has 0 atom stereocenters. The molecule has 0 spiro atoms. The molecule has 2 aliphatic rings. The highest BCUT2D eigenvalue weighted by atomic mass is 19.1. The van der Waals surface area contributed by atoms with Crippen LogP contribution in [0.4, 0.5) is 20.5 Å². The van der Waals surface area contributed by atoms with Gasteiger partial charge in [-0.05, 0) is 49.4 Å². The monoisotopic (exact) mass is 574 g/mol. The van der Waals surface area contributed by atoms with Crippen LogP contribution in [0.5, 0.6) is 0 Å². The van der Waals surface area contributed by atoms with Crippen molar-refractivity contribution in [2.24, 2.45) is 5.92 Å². The zero-order valence-corrected chi connectivity index (χ0v) is 24.3. The molecule has 5 heterocycles. The van der Waals surface area contributed by atoms with Crippen molar-refractivity contribution in [3.8, 4) is 11.3 Å². The fourth-order valence-corrected chi connectivity index (χ4v) is 6.17. The second kappa shape index (κ2) is 11.8. The third-order valence-electron chi connectivity index (χ3n) is 8.29. The number of aryl methyl sites for hydroxylation is 1. The van der Waals surface area contributed by atoms with Gasteiger partial charge in [-0.15, -0.1) is 0 Å². The van der Waals surface area contributed by atoms with Crippen LogP contribution in [-0.2, 0) is 24.3 Å². The predicted octanol–water partition coefficient (Wildman–Crippen LogP) is 4.90. The van der Waals surface area contributed by atoms with E-state index < -0.39 is 11.6 Å². The number of anilines is 2. The second-order valence-corrected chi connectivity index (χ2v) is 11.7. The van der Waals surface area contributed by atoms with E-state index in [0.717, 1.165) is 63.6 Å². The molecule has 11 heteroatoms. The molecular formula is C31H36F2N8O. The van der Waals surface area contributed by atoms with Crippen LogP contribution >= 0.6 is 0 Å². The fraction of sp³-hybridized carbons (Fsp3) is 0.452. The maximum Gasteiger partial charge on any atom is 0.229 e. The van der Waals surface area contributed by atoms with Crippen LogP contribution < -0.4 is 5.32 Å². The van der Waals surface area contributed by atoms with E-state index in [9.17, 15) is 9.18 Å². The summed E-state index contributed by atoms with van der Waals surface area (Å²) in [6.07, 6.45) is 5.04. The number of imidazole rings is 1. The number of hydrogen-bond donors (Lipinski definition) is 1. The molecule has 1 N–H and O–H groups in total. The smallest absolute Gasteiger partial charge is 0.229 e. The van der Waals surface area contributed by atoms with E-state index in [1.807, 2.05) is 17.6 Å². The van der Waals surface area contributed by atoms with Crippen LogP contribution in [0.15, 0.2) is 30.5 Å². The molecule has 4 aromatic rings. The number of pyridine rings is 1. The first-order valence-corrected chi connectivity index (χ1v) is 14.6. The number of piperidine rings is 1. The van der Waals surface area contributed by atoms with Gasteiger partial charge in [-0.3, -0.25) is 9.80 Å². The number of fused-ring (bicyclic) bond motifs is 2. The number of carbonyl (C=O) groups excluding carboxylic acids is 1. The van der Waals surface area contributed by atoms with Crippen molar-refractivity contribution in [3.05, 3.63) is 59.2 Å². The third-order valence-corrected chi connectivity index (χ3v) is 8.29. The zero-order chi connectivity index (χ0) is 29.4. The van der Waals surface area contributed by atoms with E-state index in [1.165, 1.54) is 11.6 Å². The average molecular weight is 575 g/mol. The number of nitrogens with one attached hydrogen (secondary N) is 1. The minimum Gasteiger partial charge on any atom is -0.328 e. The van der Waals surface area contributed by atoms with Gasteiger partial charge in [0.1, 0.15) is 29.1 Å². The van der Waals surface area contributed by atoms with Crippen molar-refractivity contribution < 1.29 is 13.6 Å². The van der Waals surface area contributed by atoms with Gasteiger partial charge in [-0.1, -0.05) is 19.9 Å². The SMILES string of the molecule is Cc1nc2c(F)cc(-c3nc(Nc4ccc5c(n4)CCN(C4CCN(CC=O)CC4)C5)ncc3F)cc2n1CC(C)C. The highest BCUT2D eigenvalue weighted by Crippen LogP contribution is 2.30. The largest absolute Gasteiger partial charge is 0.328 e. The van der Waals surface area contributed by atoms with Gasteiger partial charge in [0, 0.05) is 56.4 Å². The molecule has 9 nitrogen and oxygen atoms in total. The Hall–Kier alpha value is -3.83. The normalized spacial score (nSPS) is 16.7. The summed E-state index contributed by atoms with van der Waals surface area (Å²) in [5, 5.41) is 3.12. The minimum atomic E-state index is -0.638. The highest BCUT2D eigenvalue weighted by molar-refractivity contribution is 5.83. The number of nitrogens with zero attached hydrogens (tertiary/aromatic N) is 7. The van der Waals surface area contributed by atoms with Crippen LogP contribution in [-0.4, -0.2) is 72.8 Å². The van der Waals surface area contributed by atoms with Crippen LogP contribution in [0.3, 0.4) is 0 Å². The molecule has 42 heavy (non-hydrogen) atoms. The molecule has 3 aromatic heterocycles. The van der Waals surface area contributed by atoms with E-state index in [0.29, 0.717) is 47.8 Å². The van der Waals surface area contributed by atoms with Crippen LogP contribution in [0.25, 0.3) is 22.3 Å². The molecule has 0 bridgehead atoms. The summed E-state index contributed by atoms with van der Waals surface area (Å²) in [5.41, 5.74) is 3.43. The number of carbonyl (C=O) groups is 1. The van der Waals surface area contributed by atoms with Crippen molar-refractivity contribution in [1.82, 2.24) is 34.3 Å². The number of aldehydes is 1. The summed E-state index contributed by atoms with van der Waals surface area (Å²) >= 11 is 0. The Morgan fingerprint density at radius 2 is 1.88 bits per heavy atom. The maximum atomic E-state index is 15.1. The number of rotatable bonds is 8. The van der Waals surface area contributed by atoms with Crippen molar-refractivity contribution >= 4 is 29.1 Å². The Morgan fingerprint density at radius 1 is 1.07 bits per heavy atom. The molecular weight excluding hydrogens is 538 g/mol. The maximum absolute atomic E-state index is 15.1. The molecule has 0 saturated carbocycles. The molecule has 0 radical (unpaired) electrons. The average Bonchev–Trinajstić information content (AvgIpc) is 3.29. The third kappa shape index (κ3) is 5.76. The first-order chi connectivity index (χ1) is 20.3. The second-order valence-electron chi connectivity index (χ2n) is 11.7. The van der Waals surface area contributed by atoms with E-state index in [4.69, 9.17) is 4.98 Å². The molecule has 1 fully saturated rings. The van der Waals surface area contributed by atoms with E-state index in [2.05, 4.69) is 50.0 Å². The lowest BCUT2D eigenvalue weighted by Crippen LogP contribution is -2.47. The lowest BCUT2D eigenvalue weighted by atomic mass is 9.98. The topological polar surface area (TPSA) is 92.1 Å². The van der Waals surface area contributed by atoms with Gasteiger partial charge in [-0.2, -0.15) is 0 Å². The number of aromatic nitrogens is 5. The first kappa shape index (κ1) is 28.3. The predicted molar refractivity (Wildman–Crippen MR) is 157 cm³/mol. The number of halogens is 2. The Bertz CT molecular complexity index is 1610. The zero-order valence-electron chi connectivity index (χ0n) is 24.3. The summed E-state index contributed by atoms with van der Waals surface area (Å²) in [6.45, 7) is 10.9. The molecule has 2 aliphatic heterocycles. The summed E-state index contributed by atoms with van der Waals surface area (Å²) in [5.74, 6) is 0.653. The summed E-state index contributed by atoms with van der Waals surface area (Å²) in [7, 11) is 0. The molecule has 0 amide bonds. The van der Waals surface area contributed by atoms with Gasteiger partial charge in [0.15, 0.2) is 11.6 Å². The van der Waals surface area contributed by atoms with Gasteiger partial charge < -0.3 is 14.7 Å². The Labute approximate surface area is 244 Å². The summed E-state index contributed by atoms with van der Waals surface area (Å²) < 4.78 is 32.1. The van der Waals surface area contributed by atoms with E-state index in [-0.39, 0.29) is 17.2 Å². The number of benzene rings is 1. The van der Waals surface area contributed by atoms with Crippen molar-refractivity contribution in [2.45, 2.75) is 59.2 Å². The molecule has 6 rings (SSSR count). The van der Waals surface area contributed by atoms with Crippen LogP contribution in [0.1, 0.15) is 43.8 Å². The number of hydrogen-bond acceptors (Lipinski definition) is 8. The van der Waals surface area contributed by atoms with E-state index >= 15 is 4.39 Å². The number of likely N-dealkylation sites (tertiary alicyclic amines) is 1.